The third-order valence-electron chi connectivity index (χ3n) is 5.25. The summed E-state index contributed by atoms with van der Waals surface area (Å²) in [5, 5.41) is 9.49. The van der Waals surface area contributed by atoms with Crippen molar-refractivity contribution in [2.75, 3.05) is 37.9 Å². The Labute approximate surface area is 196 Å². The smallest absolute Gasteiger partial charge is 0.344 e. The van der Waals surface area contributed by atoms with E-state index in [1.807, 2.05) is 0 Å². The number of amides is 1. The lowest BCUT2D eigenvalue weighted by Gasteiger charge is -2.19. The van der Waals surface area contributed by atoms with Crippen LogP contribution in [0.1, 0.15) is 26.7 Å². The summed E-state index contributed by atoms with van der Waals surface area (Å²) >= 11 is 1.10. The third-order valence-corrected chi connectivity index (χ3v) is 8.28. The minimum atomic E-state index is -3.70. The molecule has 3 rings (SSSR count). The van der Waals surface area contributed by atoms with E-state index in [4.69, 9.17) is 9.47 Å². The van der Waals surface area contributed by atoms with Crippen molar-refractivity contribution in [3.05, 3.63) is 28.7 Å². The number of thioether (sulfide) groups is 1. The molecule has 0 bridgehead atoms. The van der Waals surface area contributed by atoms with Crippen LogP contribution < -0.4 is 15.7 Å². The van der Waals surface area contributed by atoms with Crippen molar-refractivity contribution in [2.45, 2.75) is 49.4 Å². The number of nitrogens with zero attached hydrogens (tertiary/aromatic N) is 3. The van der Waals surface area contributed by atoms with E-state index in [2.05, 4.69) is 15.5 Å². The van der Waals surface area contributed by atoms with Crippen LogP contribution in [0.15, 0.2) is 33.0 Å². The molecule has 13 heteroatoms. The van der Waals surface area contributed by atoms with Crippen molar-refractivity contribution >= 4 is 33.4 Å². The summed E-state index contributed by atoms with van der Waals surface area (Å²) in [5.74, 6) is -0.0943. The number of aromatic nitrogens is 3. The Morgan fingerprint density at radius 2 is 2.15 bits per heavy atom. The van der Waals surface area contributed by atoms with Crippen molar-refractivity contribution in [3.63, 3.8) is 0 Å². The molecule has 1 atom stereocenters. The summed E-state index contributed by atoms with van der Waals surface area (Å²) < 4.78 is 39.3. The van der Waals surface area contributed by atoms with Crippen LogP contribution in [0, 0.1) is 0 Å². The molecular weight excluding hydrogens is 470 g/mol. The minimum Gasteiger partial charge on any atom is -0.495 e. The van der Waals surface area contributed by atoms with E-state index in [9.17, 15) is 18.0 Å². The van der Waals surface area contributed by atoms with Crippen molar-refractivity contribution in [3.8, 4) is 5.75 Å². The molecular formula is C20H29N5O6S2. The first-order valence-corrected chi connectivity index (χ1v) is 13.1. The number of nitrogens with one attached hydrogen (secondary N) is 2. The zero-order chi connectivity index (χ0) is 24.0. The molecule has 2 aromatic rings. The second-order valence-corrected chi connectivity index (χ2v) is 10.2. The zero-order valence-electron chi connectivity index (χ0n) is 18.9. The normalized spacial score (nSPS) is 16.3. The Hall–Kier alpha value is -2.35. The highest BCUT2D eigenvalue weighted by molar-refractivity contribution is 7.99. The monoisotopic (exact) mass is 499 g/mol. The first-order valence-electron chi connectivity index (χ1n) is 10.7. The van der Waals surface area contributed by atoms with Gasteiger partial charge in [-0.2, -0.15) is 4.31 Å². The molecule has 1 aromatic heterocycles. The molecule has 33 heavy (non-hydrogen) atoms. The maximum atomic E-state index is 12.8. The molecule has 182 valence electrons. The molecule has 1 saturated heterocycles. The molecule has 1 aliphatic heterocycles. The molecule has 1 unspecified atom stereocenters. The predicted octanol–water partition coefficient (Wildman–Crippen LogP) is 1.52. The first-order chi connectivity index (χ1) is 15.8. The highest BCUT2D eigenvalue weighted by Crippen LogP contribution is 2.29. The van der Waals surface area contributed by atoms with Gasteiger partial charge in [0.1, 0.15) is 5.75 Å². The summed E-state index contributed by atoms with van der Waals surface area (Å²) in [4.78, 5) is 24.8. The number of ether oxygens (including phenoxy) is 2. The van der Waals surface area contributed by atoms with Crippen molar-refractivity contribution in [1.29, 1.82) is 0 Å². The maximum absolute atomic E-state index is 12.8. The van der Waals surface area contributed by atoms with Gasteiger partial charge < -0.3 is 14.8 Å². The Morgan fingerprint density at radius 3 is 2.79 bits per heavy atom. The van der Waals surface area contributed by atoms with Gasteiger partial charge in [0.2, 0.25) is 15.9 Å². The number of hydrogen-bond acceptors (Lipinski definition) is 8. The van der Waals surface area contributed by atoms with Crippen LogP contribution in [0.3, 0.4) is 0 Å². The van der Waals surface area contributed by atoms with Gasteiger partial charge in [-0.05, 0) is 31.0 Å². The van der Waals surface area contributed by atoms with Gasteiger partial charge in [-0.15, -0.1) is 5.10 Å². The van der Waals surface area contributed by atoms with Crippen molar-refractivity contribution in [2.24, 2.45) is 0 Å². The molecule has 0 radical (unpaired) electrons. The van der Waals surface area contributed by atoms with Crippen molar-refractivity contribution < 1.29 is 22.7 Å². The number of carbonyl (C=O) groups excluding carboxylic acids is 1. The Balaban J connectivity index is 1.71. The standard InChI is InChI=1S/C20H29N5O6S2/c1-4-24(5-2)33(28,29)15-8-9-17(30-3)16(11-15)21-18(26)13-32-20-23-22-19(27)25(20)12-14-7-6-10-31-14/h8-9,11,14H,4-7,10,12-13H2,1-3H3,(H,21,26)(H,22,27). The van der Waals surface area contributed by atoms with E-state index in [1.54, 1.807) is 13.8 Å². The van der Waals surface area contributed by atoms with Crippen LogP contribution in [0.5, 0.6) is 5.75 Å². The predicted molar refractivity (Wildman–Crippen MR) is 124 cm³/mol. The third kappa shape index (κ3) is 5.96. The Bertz CT molecular complexity index is 1120. The second kappa shape index (κ2) is 11.2. The van der Waals surface area contributed by atoms with Gasteiger partial charge in [0.05, 0.1) is 36.1 Å². The van der Waals surface area contributed by atoms with E-state index in [-0.39, 0.29) is 28.1 Å². The second-order valence-electron chi connectivity index (χ2n) is 7.35. The molecule has 1 aliphatic rings. The van der Waals surface area contributed by atoms with Gasteiger partial charge in [0.15, 0.2) is 5.16 Å². The Morgan fingerprint density at radius 1 is 1.39 bits per heavy atom. The highest BCUT2D eigenvalue weighted by atomic mass is 32.2. The summed E-state index contributed by atoms with van der Waals surface area (Å²) in [5.41, 5.74) is -0.112. The minimum absolute atomic E-state index is 0.0357. The van der Waals surface area contributed by atoms with Gasteiger partial charge >= 0.3 is 5.69 Å². The summed E-state index contributed by atoms with van der Waals surface area (Å²) in [6.45, 7) is 5.24. The topological polar surface area (TPSA) is 136 Å². The highest BCUT2D eigenvalue weighted by Gasteiger charge is 2.24. The van der Waals surface area contributed by atoms with Crippen LogP contribution in [-0.2, 0) is 26.1 Å². The van der Waals surface area contributed by atoms with Gasteiger partial charge in [-0.1, -0.05) is 25.6 Å². The fourth-order valence-corrected chi connectivity index (χ4v) is 5.78. The number of aromatic amines is 1. The molecule has 2 heterocycles. The average Bonchev–Trinajstić information content (AvgIpc) is 3.43. The first kappa shape index (κ1) is 25.3. The summed E-state index contributed by atoms with van der Waals surface area (Å²) in [6.07, 6.45) is 1.77. The number of sulfonamides is 1. The molecule has 11 nitrogen and oxygen atoms in total. The molecule has 0 spiro atoms. The molecule has 1 aromatic carbocycles. The van der Waals surface area contributed by atoms with E-state index in [0.29, 0.717) is 37.1 Å². The van der Waals surface area contributed by atoms with Crippen LogP contribution in [-0.4, -0.2) is 72.1 Å². The quantitative estimate of drug-likeness (QED) is 0.444. The van der Waals surface area contributed by atoms with Crippen LogP contribution in [0.25, 0.3) is 0 Å². The molecule has 0 aliphatic carbocycles. The van der Waals surface area contributed by atoms with Crippen LogP contribution >= 0.6 is 11.8 Å². The van der Waals surface area contributed by atoms with Crippen LogP contribution in [0.4, 0.5) is 5.69 Å². The fraction of sp³-hybridized carbons (Fsp3) is 0.550. The molecule has 1 amide bonds. The average molecular weight is 500 g/mol. The summed E-state index contributed by atoms with van der Waals surface area (Å²) in [7, 11) is -2.26. The number of anilines is 1. The summed E-state index contributed by atoms with van der Waals surface area (Å²) in [6, 6.07) is 4.34. The van der Waals surface area contributed by atoms with E-state index in [0.717, 1.165) is 24.6 Å². The van der Waals surface area contributed by atoms with Crippen LogP contribution in [0.2, 0.25) is 0 Å². The zero-order valence-corrected chi connectivity index (χ0v) is 20.5. The molecule has 1 fully saturated rings. The SMILES string of the molecule is CCN(CC)S(=O)(=O)c1ccc(OC)c(NC(=O)CSc2n[nH]c(=O)n2CC2CCCO2)c1. The van der Waals surface area contributed by atoms with Gasteiger partial charge in [-0.3, -0.25) is 9.36 Å². The van der Waals surface area contributed by atoms with Gasteiger partial charge in [-0.25, -0.2) is 18.3 Å². The Kier molecular flexibility index (Phi) is 8.57. The number of H-pyrrole nitrogens is 1. The molecule has 2 N–H and O–H groups in total. The van der Waals surface area contributed by atoms with E-state index < -0.39 is 15.9 Å². The number of rotatable bonds is 11. The number of carbonyl (C=O) groups is 1. The molecule has 0 saturated carbocycles. The van der Waals surface area contributed by atoms with Gasteiger partial charge in [0, 0.05) is 19.7 Å². The van der Waals surface area contributed by atoms with E-state index in [1.165, 1.54) is 34.2 Å². The maximum Gasteiger partial charge on any atom is 0.344 e. The lowest BCUT2D eigenvalue weighted by molar-refractivity contribution is -0.113. The van der Waals surface area contributed by atoms with E-state index >= 15 is 0 Å². The fourth-order valence-electron chi connectivity index (χ4n) is 3.54. The van der Waals surface area contributed by atoms with Gasteiger partial charge in [0.25, 0.3) is 0 Å². The number of methoxy groups -OCH3 is 1. The number of hydrogen-bond donors (Lipinski definition) is 2. The number of benzene rings is 1. The lowest BCUT2D eigenvalue weighted by Crippen LogP contribution is -2.30. The van der Waals surface area contributed by atoms with Crippen molar-refractivity contribution in [1.82, 2.24) is 19.1 Å². The largest absolute Gasteiger partial charge is 0.495 e. The lowest BCUT2D eigenvalue weighted by atomic mass is 10.2.